The number of benzene rings is 2. The van der Waals surface area contributed by atoms with E-state index in [1.165, 1.54) is 16.0 Å². The molecule has 1 aliphatic rings. The van der Waals surface area contributed by atoms with Gasteiger partial charge in [0, 0.05) is 24.2 Å². The van der Waals surface area contributed by atoms with Crippen LogP contribution in [0.15, 0.2) is 36.4 Å². The topological polar surface area (TPSA) is 75.4 Å². The Balaban J connectivity index is 1.62. The van der Waals surface area contributed by atoms with Gasteiger partial charge in [-0.1, -0.05) is 0 Å². The van der Waals surface area contributed by atoms with Crippen LogP contribution in [0.2, 0.25) is 0 Å². The van der Waals surface area contributed by atoms with Crippen LogP contribution in [0.4, 0.5) is 5.69 Å². The molecular formula is C21H29N2O4+. The molecule has 0 saturated heterocycles. The quantitative estimate of drug-likeness (QED) is 0.552. The predicted octanol–water partition coefficient (Wildman–Crippen LogP) is 1.38. The summed E-state index contributed by atoms with van der Waals surface area (Å²) in [5.74, 6) is 1.75. The van der Waals surface area contributed by atoms with Crippen molar-refractivity contribution in [3.05, 3.63) is 47.5 Å². The van der Waals surface area contributed by atoms with E-state index in [1.807, 2.05) is 0 Å². The fraction of sp³-hybridized carbons (Fsp3) is 0.429. The van der Waals surface area contributed by atoms with E-state index in [4.69, 9.17) is 9.47 Å². The van der Waals surface area contributed by atoms with Gasteiger partial charge >= 0.3 is 0 Å². The Morgan fingerprint density at radius 2 is 1.81 bits per heavy atom. The van der Waals surface area contributed by atoms with Crippen LogP contribution in [0.5, 0.6) is 17.2 Å². The molecule has 1 aliphatic heterocycles. The van der Waals surface area contributed by atoms with Gasteiger partial charge in [-0.3, -0.25) is 0 Å². The minimum absolute atomic E-state index is 0.235. The van der Waals surface area contributed by atoms with Gasteiger partial charge in [0.25, 0.3) is 0 Å². The molecule has 0 spiro atoms. The zero-order valence-corrected chi connectivity index (χ0v) is 16.2. The summed E-state index contributed by atoms with van der Waals surface area (Å²) in [6.45, 7) is 4.30. The molecule has 0 radical (unpaired) electrons. The van der Waals surface area contributed by atoms with Crippen LogP contribution in [0.25, 0.3) is 0 Å². The molecular weight excluding hydrogens is 344 g/mol. The number of phenols is 1. The fourth-order valence-electron chi connectivity index (χ4n) is 3.76. The van der Waals surface area contributed by atoms with Gasteiger partial charge in [0.1, 0.15) is 24.4 Å². The Kier molecular flexibility index (Phi) is 6.08. The molecule has 0 aliphatic carbocycles. The van der Waals surface area contributed by atoms with Crippen molar-refractivity contribution in [2.24, 2.45) is 0 Å². The van der Waals surface area contributed by atoms with Crippen LogP contribution < -0.4 is 19.7 Å². The number of rotatable bonds is 7. The summed E-state index contributed by atoms with van der Waals surface area (Å²) >= 11 is 0. The highest BCUT2D eigenvalue weighted by atomic mass is 16.5. The maximum Gasteiger partial charge on any atom is 0.161 e. The lowest BCUT2D eigenvalue weighted by Crippen LogP contribution is -3.14. The maximum atomic E-state index is 10.5. The third-order valence-corrected chi connectivity index (χ3v) is 5.35. The van der Waals surface area contributed by atoms with Crippen LogP contribution in [-0.4, -0.2) is 50.2 Å². The summed E-state index contributed by atoms with van der Waals surface area (Å²) in [4.78, 5) is 1.36. The Morgan fingerprint density at radius 1 is 1.15 bits per heavy atom. The molecule has 0 amide bonds. The average molecular weight is 373 g/mol. The number of phenolic OH excluding ortho intramolecular Hbond substituents is 1. The van der Waals surface area contributed by atoms with E-state index < -0.39 is 6.10 Å². The molecule has 0 fully saturated rings. The smallest absolute Gasteiger partial charge is 0.161 e. The first-order valence-corrected chi connectivity index (χ1v) is 9.32. The number of aromatic hydroxyl groups is 1. The van der Waals surface area contributed by atoms with Crippen LogP contribution >= 0.6 is 0 Å². The molecule has 0 aromatic heterocycles. The number of aliphatic hydroxyl groups excluding tert-OH is 1. The van der Waals surface area contributed by atoms with Crippen molar-refractivity contribution in [1.29, 1.82) is 0 Å². The van der Waals surface area contributed by atoms with E-state index in [0.29, 0.717) is 13.1 Å². The minimum Gasteiger partial charge on any atom is -0.508 e. The Bertz CT molecular complexity index is 764. The number of anilines is 1. The standard InChI is InChI=1S/C21H28N2O4/c1-14-19-11-21(27-3)20(26-2)10-15(19)8-9-23(14)13-18(25)12-22-16-4-6-17(24)7-5-16/h4-7,10-11,14,18,22,24-25H,8-9,12-13H2,1-3H3/p+1/t14-,18+/m1/s1. The molecule has 2 aromatic carbocycles. The third kappa shape index (κ3) is 4.46. The van der Waals surface area contributed by atoms with Gasteiger partial charge in [0.15, 0.2) is 11.5 Å². The number of quaternary nitrogens is 1. The minimum atomic E-state index is -0.460. The van der Waals surface area contributed by atoms with E-state index in [1.54, 1.807) is 38.5 Å². The molecule has 1 unspecified atom stereocenters. The fourth-order valence-corrected chi connectivity index (χ4v) is 3.76. The monoisotopic (exact) mass is 373 g/mol. The van der Waals surface area contributed by atoms with Crippen molar-refractivity contribution in [3.8, 4) is 17.2 Å². The molecule has 0 bridgehead atoms. The zero-order valence-electron chi connectivity index (χ0n) is 16.2. The largest absolute Gasteiger partial charge is 0.508 e. The van der Waals surface area contributed by atoms with Gasteiger partial charge in [0.2, 0.25) is 0 Å². The summed E-state index contributed by atoms with van der Waals surface area (Å²) in [7, 11) is 3.31. The van der Waals surface area contributed by atoms with Crippen molar-refractivity contribution in [3.63, 3.8) is 0 Å². The van der Waals surface area contributed by atoms with E-state index in [0.717, 1.165) is 30.2 Å². The molecule has 146 valence electrons. The SMILES string of the molecule is COc1cc2c(cc1OC)[C@@H](C)[NH+](C[C@@H](O)CNc1ccc(O)cc1)CC2. The van der Waals surface area contributed by atoms with Gasteiger partial charge in [-0.25, -0.2) is 0 Å². The summed E-state index contributed by atoms with van der Waals surface area (Å²) in [6.07, 6.45) is 0.492. The summed E-state index contributed by atoms with van der Waals surface area (Å²) in [5, 5.41) is 23.0. The summed E-state index contributed by atoms with van der Waals surface area (Å²) < 4.78 is 10.9. The van der Waals surface area contributed by atoms with Gasteiger partial charge in [-0.2, -0.15) is 0 Å². The van der Waals surface area contributed by atoms with Crippen LogP contribution in [0.1, 0.15) is 24.1 Å². The first-order valence-electron chi connectivity index (χ1n) is 9.32. The molecule has 1 heterocycles. The van der Waals surface area contributed by atoms with E-state index in [2.05, 4.69) is 24.4 Å². The Morgan fingerprint density at radius 3 is 2.48 bits per heavy atom. The van der Waals surface area contributed by atoms with Crippen molar-refractivity contribution in [2.45, 2.75) is 25.5 Å². The normalized spacial score (nSPS) is 19.9. The number of nitrogens with one attached hydrogen (secondary N) is 2. The zero-order chi connectivity index (χ0) is 19.4. The summed E-state index contributed by atoms with van der Waals surface area (Å²) in [6, 6.07) is 11.3. The number of methoxy groups -OCH3 is 2. The van der Waals surface area contributed by atoms with E-state index in [9.17, 15) is 10.2 Å². The van der Waals surface area contributed by atoms with E-state index >= 15 is 0 Å². The molecule has 3 atom stereocenters. The number of ether oxygens (including phenoxy) is 2. The lowest BCUT2D eigenvalue weighted by atomic mass is 9.92. The maximum absolute atomic E-state index is 10.5. The average Bonchev–Trinajstić information content (AvgIpc) is 2.69. The number of hydrogen-bond acceptors (Lipinski definition) is 5. The van der Waals surface area contributed by atoms with Crippen LogP contribution in [0.3, 0.4) is 0 Å². The van der Waals surface area contributed by atoms with Crippen LogP contribution in [-0.2, 0) is 6.42 Å². The lowest BCUT2D eigenvalue weighted by Gasteiger charge is -2.34. The number of aliphatic hydroxyl groups is 1. The first-order chi connectivity index (χ1) is 13.0. The molecule has 2 aromatic rings. The van der Waals surface area contributed by atoms with E-state index in [-0.39, 0.29) is 11.8 Å². The molecule has 4 N–H and O–H groups in total. The number of fused-ring (bicyclic) bond motifs is 1. The van der Waals surface area contributed by atoms with Crippen molar-refractivity contribution in [1.82, 2.24) is 0 Å². The number of hydrogen-bond donors (Lipinski definition) is 4. The third-order valence-electron chi connectivity index (χ3n) is 5.35. The molecule has 3 rings (SSSR count). The first kappa shape index (κ1) is 19.3. The van der Waals surface area contributed by atoms with Gasteiger partial charge < -0.3 is 29.9 Å². The highest BCUT2D eigenvalue weighted by Crippen LogP contribution is 2.33. The predicted molar refractivity (Wildman–Crippen MR) is 105 cm³/mol. The van der Waals surface area contributed by atoms with Gasteiger partial charge in [-0.15, -0.1) is 0 Å². The van der Waals surface area contributed by atoms with Crippen molar-refractivity contribution in [2.75, 3.05) is 39.2 Å². The second kappa shape index (κ2) is 8.50. The van der Waals surface area contributed by atoms with Crippen molar-refractivity contribution >= 4 is 5.69 Å². The second-order valence-corrected chi connectivity index (χ2v) is 7.07. The molecule has 6 nitrogen and oxygen atoms in total. The van der Waals surface area contributed by atoms with Gasteiger partial charge in [-0.05, 0) is 48.9 Å². The molecule has 27 heavy (non-hydrogen) atoms. The van der Waals surface area contributed by atoms with Crippen LogP contribution in [0, 0.1) is 0 Å². The van der Waals surface area contributed by atoms with Gasteiger partial charge in [0.05, 0.1) is 20.8 Å². The second-order valence-electron chi connectivity index (χ2n) is 7.07. The van der Waals surface area contributed by atoms with Crippen molar-refractivity contribution < 1.29 is 24.6 Å². The highest BCUT2D eigenvalue weighted by molar-refractivity contribution is 5.48. The molecule has 6 heteroatoms. The Labute approximate surface area is 160 Å². The summed E-state index contributed by atoms with van der Waals surface area (Å²) in [5.41, 5.74) is 3.43. The lowest BCUT2D eigenvalue weighted by molar-refractivity contribution is -0.934. The molecule has 0 saturated carbocycles. The Hall–Kier alpha value is -2.44. The highest BCUT2D eigenvalue weighted by Gasteiger charge is 2.30.